The van der Waals surface area contributed by atoms with Gasteiger partial charge >= 0.3 is 17.9 Å². The first-order valence-electron chi connectivity index (χ1n) is 13.0. The smallest absolute Gasteiger partial charge is 0.308 e. The largest absolute Gasteiger partial charge is 0.466 e. The molecule has 0 aliphatic carbocycles. The third-order valence-corrected chi connectivity index (χ3v) is 4.92. The third-order valence-electron chi connectivity index (χ3n) is 4.92. The van der Waals surface area contributed by atoms with Gasteiger partial charge in [0.15, 0.2) is 0 Å². The Bertz CT molecular complexity index is 580. The van der Waals surface area contributed by atoms with Crippen molar-refractivity contribution < 1.29 is 47.6 Å². The minimum absolute atomic E-state index is 0.0280. The van der Waals surface area contributed by atoms with Crippen LogP contribution in [0.3, 0.4) is 0 Å². The summed E-state index contributed by atoms with van der Waals surface area (Å²) in [5, 5.41) is 2.95. The van der Waals surface area contributed by atoms with Crippen molar-refractivity contribution in [2.45, 2.75) is 71.3 Å². The van der Waals surface area contributed by atoms with Crippen LogP contribution in [-0.2, 0) is 47.6 Å². The van der Waals surface area contributed by atoms with Crippen molar-refractivity contribution >= 4 is 23.8 Å². The van der Waals surface area contributed by atoms with Crippen LogP contribution in [0.2, 0.25) is 0 Å². The molecular formula is C25H46N2O10. The number of hydrogen-bond donors (Lipinski definition) is 2. The predicted molar refractivity (Wildman–Crippen MR) is 135 cm³/mol. The molecule has 0 heterocycles. The Balaban J connectivity index is 5.28. The lowest BCUT2D eigenvalue weighted by molar-refractivity contribution is -0.145. The molecule has 0 aromatic carbocycles. The molecule has 0 bridgehead atoms. The zero-order valence-electron chi connectivity index (χ0n) is 22.7. The van der Waals surface area contributed by atoms with E-state index in [9.17, 15) is 19.2 Å². The van der Waals surface area contributed by atoms with E-state index in [4.69, 9.17) is 34.2 Å². The highest BCUT2D eigenvalue weighted by Gasteiger charge is 2.34. The van der Waals surface area contributed by atoms with Crippen molar-refractivity contribution in [1.82, 2.24) is 5.32 Å². The van der Waals surface area contributed by atoms with Crippen LogP contribution < -0.4 is 11.1 Å². The Labute approximate surface area is 220 Å². The van der Waals surface area contributed by atoms with Crippen LogP contribution in [0.4, 0.5) is 0 Å². The van der Waals surface area contributed by atoms with Gasteiger partial charge in [0.2, 0.25) is 5.91 Å². The van der Waals surface area contributed by atoms with Gasteiger partial charge < -0.3 is 39.5 Å². The molecule has 216 valence electrons. The quantitative estimate of drug-likeness (QED) is 0.104. The second kappa shape index (κ2) is 22.9. The number of carbonyl (C=O) groups is 4. The molecule has 0 saturated heterocycles. The molecule has 1 amide bonds. The number of nitrogens with two attached hydrogens (primary N) is 1. The van der Waals surface area contributed by atoms with Crippen LogP contribution in [0.5, 0.6) is 0 Å². The molecule has 0 atom stereocenters. The summed E-state index contributed by atoms with van der Waals surface area (Å²) in [4.78, 5) is 47.7. The van der Waals surface area contributed by atoms with Gasteiger partial charge in [0, 0.05) is 6.42 Å². The predicted octanol–water partition coefficient (Wildman–Crippen LogP) is 1.27. The van der Waals surface area contributed by atoms with Gasteiger partial charge in [0.05, 0.1) is 78.7 Å². The summed E-state index contributed by atoms with van der Waals surface area (Å²) in [6.45, 7) is 6.64. The molecule has 0 spiro atoms. The fourth-order valence-electron chi connectivity index (χ4n) is 3.17. The Hall–Kier alpha value is -2.28. The second-order valence-corrected chi connectivity index (χ2v) is 8.25. The zero-order chi connectivity index (χ0) is 27.8. The molecule has 0 aromatic heterocycles. The summed E-state index contributed by atoms with van der Waals surface area (Å²) in [7, 11) is 0. The van der Waals surface area contributed by atoms with E-state index in [0.717, 1.165) is 12.8 Å². The van der Waals surface area contributed by atoms with Gasteiger partial charge in [-0.25, -0.2) is 0 Å². The molecule has 0 aromatic rings. The van der Waals surface area contributed by atoms with E-state index >= 15 is 0 Å². The van der Waals surface area contributed by atoms with E-state index in [0.29, 0.717) is 13.0 Å². The number of esters is 3. The van der Waals surface area contributed by atoms with Crippen molar-refractivity contribution in [3.05, 3.63) is 0 Å². The second-order valence-electron chi connectivity index (χ2n) is 8.25. The molecule has 12 nitrogen and oxygen atoms in total. The van der Waals surface area contributed by atoms with E-state index in [-0.39, 0.29) is 91.1 Å². The molecule has 12 heteroatoms. The molecule has 0 saturated carbocycles. The zero-order valence-corrected chi connectivity index (χ0v) is 22.7. The first kappa shape index (κ1) is 34.7. The summed E-state index contributed by atoms with van der Waals surface area (Å²) < 4.78 is 31.9. The summed E-state index contributed by atoms with van der Waals surface area (Å²) >= 11 is 0. The Morgan fingerprint density at radius 2 is 1.03 bits per heavy atom. The van der Waals surface area contributed by atoms with Gasteiger partial charge in [0.25, 0.3) is 0 Å². The summed E-state index contributed by atoms with van der Waals surface area (Å²) in [6, 6.07) is 0. The van der Waals surface area contributed by atoms with Gasteiger partial charge in [-0.3, -0.25) is 19.2 Å². The minimum atomic E-state index is -1.12. The Morgan fingerprint density at radius 3 is 1.38 bits per heavy atom. The first-order valence-corrected chi connectivity index (χ1v) is 13.0. The van der Waals surface area contributed by atoms with Crippen molar-refractivity contribution in [2.75, 3.05) is 66.0 Å². The van der Waals surface area contributed by atoms with Gasteiger partial charge in [-0.15, -0.1) is 0 Å². The van der Waals surface area contributed by atoms with E-state index < -0.39 is 23.4 Å². The van der Waals surface area contributed by atoms with Crippen molar-refractivity contribution in [3.63, 3.8) is 0 Å². The number of hydrogen-bond acceptors (Lipinski definition) is 11. The summed E-state index contributed by atoms with van der Waals surface area (Å²) in [5.74, 6) is -1.41. The lowest BCUT2D eigenvalue weighted by atomic mass is 10.0. The molecule has 0 aliphatic rings. The number of unbranched alkanes of at least 4 members (excludes halogenated alkanes) is 2. The van der Waals surface area contributed by atoms with Crippen LogP contribution in [-0.4, -0.2) is 95.4 Å². The topological polar surface area (TPSA) is 162 Å². The number of rotatable bonds is 24. The van der Waals surface area contributed by atoms with Crippen LogP contribution in [0.25, 0.3) is 0 Å². The third kappa shape index (κ3) is 19.5. The molecule has 37 heavy (non-hydrogen) atoms. The standard InChI is InChI=1S/C25H46N2O10/c1-4-35-22(29)11-15-32-18-25(19-33-16-12-23(30)36-5-2,20-34-17-13-24(31)37-6-3)27-21(28)10-8-7-9-14-26/h4-20,26H2,1-3H3,(H,27,28). The summed E-state index contributed by atoms with van der Waals surface area (Å²) in [5.41, 5.74) is 4.40. The Morgan fingerprint density at radius 1 is 0.622 bits per heavy atom. The lowest BCUT2D eigenvalue weighted by Crippen LogP contribution is -2.58. The average Bonchev–Trinajstić information content (AvgIpc) is 2.85. The van der Waals surface area contributed by atoms with E-state index in [1.165, 1.54) is 0 Å². The van der Waals surface area contributed by atoms with E-state index in [1.807, 2.05) is 0 Å². The van der Waals surface area contributed by atoms with Gasteiger partial charge in [0.1, 0.15) is 5.54 Å². The monoisotopic (exact) mass is 534 g/mol. The Kier molecular flexibility index (Phi) is 21.5. The summed E-state index contributed by atoms with van der Waals surface area (Å²) in [6.07, 6.45) is 2.72. The molecular weight excluding hydrogens is 488 g/mol. The fourth-order valence-corrected chi connectivity index (χ4v) is 3.17. The van der Waals surface area contributed by atoms with Crippen LogP contribution >= 0.6 is 0 Å². The maximum Gasteiger partial charge on any atom is 0.308 e. The molecule has 0 rings (SSSR count). The highest BCUT2D eigenvalue weighted by Crippen LogP contribution is 2.12. The number of nitrogens with one attached hydrogen (secondary N) is 1. The molecule has 0 radical (unpaired) electrons. The first-order chi connectivity index (χ1) is 17.8. The molecule has 0 fully saturated rings. The van der Waals surface area contributed by atoms with Crippen molar-refractivity contribution in [1.29, 1.82) is 0 Å². The van der Waals surface area contributed by atoms with Crippen molar-refractivity contribution in [2.24, 2.45) is 5.73 Å². The number of amides is 1. The lowest BCUT2D eigenvalue weighted by Gasteiger charge is -2.34. The minimum Gasteiger partial charge on any atom is -0.466 e. The molecule has 0 unspecified atom stereocenters. The SMILES string of the molecule is CCOC(=O)CCOCC(COCCC(=O)OCC)(COCCC(=O)OCC)NC(=O)CCCCCN. The van der Waals surface area contributed by atoms with Gasteiger partial charge in [-0.05, 0) is 40.2 Å². The maximum atomic E-state index is 12.8. The molecule has 3 N–H and O–H groups in total. The highest BCUT2D eigenvalue weighted by atomic mass is 16.5. The van der Waals surface area contributed by atoms with E-state index in [2.05, 4.69) is 5.32 Å². The van der Waals surface area contributed by atoms with Crippen molar-refractivity contribution in [3.8, 4) is 0 Å². The van der Waals surface area contributed by atoms with Crippen LogP contribution in [0, 0.1) is 0 Å². The fraction of sp³-hybridized carbons (Fsp3) is 0.840. The average molecular weight is 535 g/mol. The highest BCUT2D eigenvalue weighted by molar-refractivity contribution is 5.76. The van der Waals surface area contributed by atoms with Crippen LogP contribution in [0.15, 0.2) is 0 Å². The molecule has 0 aliphatic heterocycles. The number of ether oxygens (including phenoxy) is 6. The van der Waals surface area contributed by atoms with Gasteiger partial charge in [-0.1, -0.05) is 6.42 Å². The van der Waals surface area contributed by atoms with E-state index in [1.54, 1.807) is 20.8 Å². The van der Waals surface area contributed by atoms with Gasteiger partial charge in [-0.2, -0.15) is 0 Å². The van der Waals surface area contributed by atoms with Crippen LogP contribution in [0.1, 0.15) is 65.7 Å². The normalized spacial score (nSPS) is 11.1. The maximum absolute atomic E-state index is 12.8. The number of carbonyl (C=O) groups excluding carboxylic acids is 4.